The number of carbonyl (C=O) groups excluding carboxylic acids is 1. The highest BCUT2D eigenvalue weighted by atomic mass is 19.1. The number of nitrogen functional groups attached to an aromatic ring is 1. The summed E-state index contributed by atoms with van der Waals surface area (Å²) in [7, 11) is 0. The standard InChI is InChI=1S/C19H17FN4O2/c1-2-26-19(25)16-11-22-17(12-4-3-5-14(21)10-12)24-18(16)23-15-8-6-13(20)7-9-15/h3-11H,2,21H2,1H3,(H,22,23,24). The van der Waals surface area contributed by atoms with Gasteiger partial charge in [0.2, 0.25) is 0 Å². The molecule has 1 heterocycles. The second-order valence-corrected chi connectivity index (χ2v) is 5.43. The first-order chi connectivity index (χ1) is 12.6. The predicted molar refractivity (Wildman–Crippen MR) is 97.5 cm³/mol. The Morgan fingerprint density at radius 3 is 2.69 bits per heavy atom. The largest absolute Gasteiger partial charge is 0.462 e. The van der Waals surface area contributed by atoms with Gasteiger partial charge in [-0.3, -0.25) is 0 Å². The van der Waals surface area contributed by atoms with Crippen LogP contribution in [0.25, 0.3) is 11.4 Å². The average molecular weight is 352 g/mol. The van der Waals surface area contributed by atoms with Crippen LogP contribution < -0.4 is 11.1 Å². The summed E-state index contributed by atoms with van der Waals surface area (Å²) in [6.45, 7) is 1.94. The van der Waals surface area contributed by atoms with Crippen LogP contribution in [0.2, 0.25) is 0 Å². The first kappa shape index (κ1) is 17.3. The molecule has 6 nitrogen and oxygen atoms in total. The highest BCUT2D eigenvalue weighted by Crippen LogP contribution is 2.24. The number of hydrogen-bond donors (Lipinski definition) is 2. The van der Waals surface area contributed by atoms with Crippen molar-refractivity contribution in [1.82, 2.24) is 9.97 Å². The zero-order valence-electron chi connectivity index (χ0n) is 14.1. The van der Waals surface area contributed by atoms with Gasteiger partial charge < -0.3 is 15.8 Å². The number of benzene rings is 2. The highest BCUT2D eigenvalue weighted by molar-refractivity contribution is 5.95. The Bertz CT molecular complexity index is 929. The third kappa shape index (κ3) is 3.94. The minimum absolute atomic E-state index is 0.184. The van der Waals surface area contributed by atoms with Gasteiger partial charge in [-0.25, -0.2) is 19.2 Å². The maximum Gasteiger partial charge on any atom is 0.343 e. The lowest BCUT2D eigenvalue weighted by Gasteiger charge is -2.12. The van der Waals surface area contributed by atoms with Gasteiger partial charge in [-0.2, -0.15) is 0 Å². The molecule has 3 rings (SSSR count). The third-order valence-electron chi connectivity index (χ3n) is 3.54. The number of anilines is 3. The van der Waals surface area contributed by atoms with E-state index in [1.165, 1.54) is 18.3 Å². The van der Waals surface area contributed by atoms with Gasteiger partial charge in [0.15, 0.2) is 5.82 Å². The molecule has 0 radical (unpaired) electrons. The van der Waals surface area contributed by atoms with Crippen molar-refractivity contribution in [2.24, 2.45) is 0 Å². The van der Waals surface area contributed by atoms with Gasteiger partial charge in [0.05, 0.1) is 6.61 Å². The summed E-state index contributed by atoms with van der Waals surface area (Å²) in [5, 5.41) is 3.01. The average Bonchev–Trinajstić information content (AvgIpc) is 2.64. The fraction of sp³-hybridized carbons (Fsp3) is 0.105. The summed E-state index contributed by atoms with van der Waals surface area (Å²) in [4.78, 5) is 20.9. The van der Waals surface area contributed by atoms with Gasteiger partial charge in [0.25, 0.3) is 0 Å². The molecule has 0 fully saturated rings. The van der Waals surface area contributed by atoms with Crippen molar-refractivity contribution in [3.8, 4) is 11.4 Å². The summed E-state index contributed by atoms with van der Waals surface area (Å²) in [6, 6.07) is 12.8. The van der Waals surface area contributed by atoms with Crippen molar-refractivity contribution < 1.29 is 13.9 Å². The van der Waals surface area contributed by atoms with E-state index in [9.17, 15) is 9.18 Å². The lowest BCUT2D eigenvalue weighted by Crippen LogP contribution is -2.11. The van der Waals surface area contributed by atoms with Crippen LogP contribution in [-0.4, -0.2) is 22.5 Å². The number of nitrogens with one attached hydrogen (secondary N) is 1. The van der Waals surface area contributed by atoms with Crippen LogP contribution in [0.1, 0.15) is 17.3 Å². The molecule has 1 aromatic heterocycles. The molecule has 3 N–H and O–H groups in total. The number of carbonyl (C=O) groups is 1. The molecule has 7 heteroatoms. The Labute approximate surface area is 149 Å². The number of halogens is 1. The molecule has 0 bridgehead atoms. The van der Waals surface area contributed by atoms with Crippen LogP contribution in [-0.2, 0) is 4.74 Å². The molecule has 3 aromatic rings. The van der Waals surface area contributed by atoms with E-state index in [-0.39, 0.29) is 23.8 Å². The van der Waals surface area contributed by atoms with Crippen molar-refractivity contribution >= 4 is 23.2 Å². The normalized spacial score (nSPS) is 10.4. The molecule has 132 valence electrons. The van der Waals surface area contributed by atoms with E-state index >= 15 is 0 Å². The van der Waals surface area contributed by atoms with Crippen LogP contribution in [0.15, 0.2) is 54.7 Å². The summed E-state index contributed by atoms with van der Waals surface area (Å²) in [6.07, 6.45) is 1.40. The lowest BCUT2D eigenvalue weighted by atomic mass is 10.2. The van der Waals surface area contributed by atoms with Crippen molar-refractivity contribution in [1.29, 1.82) is 0 Å². The number of nitrogens with two attached hydrogens (primary N) is 1. The van der Waals surface area contributed by atoms with Crippen LogP contribution in [0.3, 0.4) is 0 Å². The van der Waals surface area contributed by atoms with Crippen LogP contribution in [0.5, 0.6) is 0 Å². The zero-order valence-corrected chi connectivity index (χ0v) is 14.1. The number of aromatic nitrogens is 2. The number of rotatable bonds is 5. The molecule has 0 atom stereocenters. The Balaban J connectivity index is 2.02. The second-order valence-electron chi connectivity index (χ2n) is 5.43. The minimum Gasteiger partial charge on any atom is -0.462 e. The van der Waals surface area contributed by atoms with E-state index in [0.717, 1.165) is 0 Å². The summed E-state index contributed by atoms with van der Waals surface area (Å²) in [5.41, 5.74) is 7.86. The van der Waals surface area contributed by atoms with Gasteiger partial charge in [-0.05, 0) is 43.3 Å². The zero-order chi connectivity index (χ0) is 18.5. The highest BCUT2D eigenvalue weighted by Gasteiger charge is 2.17. The van der Waals surface area contributed by atoms with Crippen LogP contribution in [0.4, 0.5) is 21.6 Å². The first-order valence-corrected chi connectivity index (χ1v) is 7.99. The molecule has 0 saturated carbocycles. The van der Waals surface area contributed by atoms with Gasteiger partial charge in [-0.15, -0.1) is 0 Å². The van der Waals surface area contributed by atoms with E-state index in [0.29, 0.717) is 22.8 Å². The molecule has 0 saturated heterocycles. The van der Waals surface area contributed by atoms with Crippen molar-refractivity contribution in [3.05, 3.63) is 66.1 Å². The van der Waals surface area contributed by atoms with Crippen LogP contribution in [0, 0.1) is 5.82 Å². The van der Waals surface area contributed by atoms with E-state index < -0.39 is 5.97 Å². The fourth-order valence-corrected chi connectivity index (χ4v) is 2.32. The van der Waals surface area contributed by atoms with E-state index in [2.05, 4.69) is 15.3 Å². The molecule has 26 heavy (non-hydrogen) atoms. The lowest BCUT2D eigenvalue weighted by molar-refractivity contribution is 0.0526. The van der Waals surface area contributed by atoms with Crippen LogP contribution >= 0.6 is 0 Å². The molecule has 0 aliphatic heterocycles. The maximum absolute atomic E-state index is 13.1. The smallest absolute Gasteiger partial charge is 0.343 e. The Morgan fingerprint density at radius 2 is 2.00 bits per heavy atom. The number of esters is 1. The van der Waals surface area contributed by atoms with E-state index in [1.807, 2.05) is 6.07 Å². The van der Waals surface area contributed by atoms with Gasteiger partial charge in [0.1, 0.15) is 17.2 Å². The van der Waals surface area contributed by atoms with Gasteiger partial charge in [-0.1, -0.05) is 12.1 Å². The second kappa shape index (κ2) is 7.60. The monoisotopic (exact) mass is 352 g/mol. The van der Waals surface area contributed by atoms with Gasteiger partial charge in [0, 0.05) is 23.1 Å². The summed E-state index contributed by atoms with van der Waals surface area (Å²) < 4.78 is 18.2. The molecule has 0 spiro atoms. The quantitative estimate of drug-likeness (QED) is 0.536. The van der Waals surface area contributed by atoms with E-state index in [1.54, 1.807) is 37.3 Å². The van der Waals surface area contributed by atoms with Crippen molar-refractivity contribution in [2.45, 2.75) is 6.92 Å². The van der Waals surface area contributed by atoms with Gasteiger partial charge >= 0.3 is 5.97 Å². The SMILES string of the molecule is CCOC(=O)c1cnc(-c2cccc(N)c2)nc1Nc1ccc(F)cc1. The topological polar surface area (TPSA) is 90.1 Å². The molecule has 2 aromatic carbocycles. The Hall–Kier alpha value is -3.48. The van der Waals surface area contributed by atoms with E-state index in [4.69, 9.17) is 10.5 Å². The summed E-state index contributed by atoms with van der Waals surface area (Å²) >= 11 is 0. The number of hydrogen-bond acceptors (Lipinski definition) is 6. The molecule has 0 aliphatic rings. The third-order valence-corrected chi connectivity index (χ3v) is 3.54. The molecular weight excluding hydrogens is 335 g/mol. The molecule has 0 aliphatic carbocycles. The number of nitrogens with zero attached hydrogens (tertiary/aromatic N) is 2. The van der Waals surface area contributed by atoms with Crippen molar-refractivity contribution in [2.75, 3.05) is 17.7 Å². The number of ether oxygens (including phenoxy) is 1. The molecule has 0 amide bonds. The maximum atomic E-state index is 13.1. The predicted octanol–water partition coefficient (Wildman–Crippen LogP) is 3.79. The first-order valence-electron chi connectivity index (χ1n) is 7.99. The minimum atomic E-state index is -0.545. The Kier molecular flexibility index (Phi) is 5.07. The van der Waals surface area contributed by atoms with Crippen molar-refractivity contribution in [3.63, 3.8) is 0 Å². The fourth-order valence-electron chi connectivity index (χ4n) is 2.32. The molecule has 0 unspecified atom stereocenters. The molecular formula is C19H17FN4O2. The Morgan fingerprint density at radius 1 is 1.23 bits per heavy atom. The summed E-state index contributed by atoms with van der Waals surface area (Å²) in [5.74, 6) is -0.238.